The summed E-state index contributed by atoms with van der Waals surface area (Å²) >= 11 is 5.99. The maximum Gasteiger partial charge on any atom is 0.0521 e. The molecule has 0 saturated heterocycles. The minimum Gasteiger partial charge on any atom is -0.118 e. The van der Waals surface area contributed by atoms with E-state index in [0.29, 0.717) is 5.38 Å². The smallest absolute Gasteiger partial charge is 0.0521 e. The van der Waals surface area contributed by atoms with Gasteiger partial charge in [-0.05, 0) is 25.2 Å². The third-order valence-electron chi connectivity index (χ3n) is 2.55. The first-order chi connectivity index (χ1) is 5.72. The molecule has 2 unspecified atom stereocenters. The van der Waals surface area contributed by atoms with Crippen molar-refractivity contribution in [3.8, 4) is 0 Å². The van der Waals surface area contributed by atoms with Crippen LogP contribution in [0.5, 0.6) is 0 Å². The lowest BCUT2D eigenvalue weighted by Crippen LogP contribution is -1.94. The Labute approximate surface area is 81.0 Å². The first-order valence-electron chi connectivity index (χ1n) is 5.06. The largest absolute Gasteiger partial charge is 0.118 e. The van der Waals surface area contributed by atoms with Crippen molar-refractivity contribution in [1.82, 2.24) is 0 Å². The Kier molecular flexibility index (Phi) is 4.14. The summed E-state index contributed by atoms with van der Waals surface area (Å²) in [5.74, 6) is 0.850. The van der Waals surface area contributed by atoms with Gasteiger partial charge in [0.25, 0.3) is 0 Å². The van der Waals surface area contributed by atoms with E-state index in [1.165, 1.54) is 25.7 Å². The van der Waals surface area contributed by atoms with Gasteiger partial charge in [-0.25, -0.2) is 0 Å². The van der Waals surface area contributed by atoms with E-state index in [4.69, 9.17) is 11.6 Å². The number of rotatable bonds is 4. The molecule has 2 atom stereocenters. The van der Waals surface area contributed by atoms with Gasteiger partial charge in [-0.15, -0.1) is 11.6 Å². The number of hydrogen-bond acceptors (Lipinski definition) is 0. The lowest BCUT2D eigenvalue weighted by molar-refractivity contribution is 0.515. The van der Waals surface area contributed by atoms with E-state index in [1.807, 2.05) is 0 Å². The molecule has 0 N–H and O–H groups in total. The maximum atomic E-state index is 5.99. The van der Waals surface area contributed by atoms with Crippen LogP contribution in [0.15, 0.2) is 11.6 Å². The Bertz CT molecular complexity index is 160. The fraction of sp³-hybridized carbons (Fsp3) is 0.818. The lowest BCUT2D eigenvalue weighted by Gasteiger charge is -2.09. The third-order valence-corrected chi connectivity index (χ3v) is 2.89. The molecule has 1 heteroatoms. The van der Waals surface area contributed by atoms with Gasteiger partial charge in [0.1, 0.15) is 0 Å². The van der Waals surface area contributed by atoms with Crippen LogP contribution in [0, 0.1) is 5.92 Å². The van der Waals surface area contributed by atoms with Gasteiger partial charge in [0.05, 0.1) is 5.38 Å². The van der Waals surface area contributed by atoms with E-state index in [2.05, 4.69) is 19.9 Å². The van der Waals surface area contributed by atoms with Crippen LogP contribution in [0.25, 0.3) is 0 Å². The second kappa shape index (κ2) is 4.91. The second-order valence-electron chi connectivity index (χ2n) is 3.98. The van der Waals surface area contributed by atoms with Crippen molar-refractivity contribution in [1.29, 1.82) is 0 Å². The molecule has 12 heavy (non-hydrogen) atoms. The summed E-state index contributed by atoms with van der Waals surface area (Å²) in [7, 11) is 0. The minimum absolute atomic E-state index is 0.328. The van der Waals surface area contributed by atoms with Crippen LogP contribution < -0.4 is 0 Å². The van der Waals surface area contributed by atoms with Crippen LogP contribution in [0.3, 0.4) is 0 Å². The van der Waals surface area contributed by atoms with Crippen LogP contribution >= 0.6 is 11.6 Å². The number of allylic oxidation sites excluding steroid dienone is 2. The summed E-state index contributed by atoms with van der Waals surface area (Å²) in [6.07, 6.45) is 8.59. The Morgan fingerprint density at radius 2 is 2.42 bits per heavy atom. The Balaban J connectivity index is 2.26. The summed E-state index contributed by atoms with van der Waals surface area (Å²) in [6.45, 7) is 4.59. The number of hydrogen-bond donors (Lipinski definition) is 0. The van der Waals surface area contributed by atoms with Crippen molar-refractivity contribution in [2.45, 2.75) is 51.3 Å². The average molecular weight is 187 g/mol. The van der Waals surface area contributed by atoms with Crippen molar-refractivity contribution in [3.63, 3.8) is 0 Å². The quantitative estimate of drug-likeness (QED) is 0.457. The molecular weight excluding hydrogens is 168 g/mol. The lowest BCUT2D eigenvalue weighted by atomic mass is 9.97. The molecule has 1 rings (SSSR count). The van der Waals surface area contributed by atoms with Crippen LogP contribution in [0.2, 0.25) is 0 Å². The van der Waals surface area contributed by atoms with E-state index in [9.17, 15) is 0 Å². The molecule has 0 radical (unpaired) electrons. The predicted molar refractivity (Wildman–Crippen MR) is 55.6 cm³/mol. The van der Waals surface area contributed by atoms with Crippen molar-refractivity contribution >= 4 is 11.6 Å². The Hall–Kier alpha value is 0.0300. The van der Waals surface area contributed by atoms with E-state index in [1.54, 1.807) is 5.57 Å². The van der Waals surface area contributed by atoms with Crippen LogP contribution in [-0.4, -0.2) is 5.38 Å². The Morgan fingerprint density at radius 1 is 1.67 bits per heavy atom. The summed E-state index contributed by atoms with van der Waals surface area (Å²) in [6, 6.07) is 0. The zero-order valence-corrected chi connectivity index (χ0v) is 8.90. The van der Waals surface area contributed by atoms with Gasteiger partial charge in [0, 0.05) is 0 Å². The van der Waals surface area contributed by atoms with E-state index in [-0.39, 0.29) is 0 Å². The molecule has 1 aliphatic rings. The molecule has 0 aromatic heterocycles. The first kappa shape index (κ1) is 10.1. The monoisotopic (exact) mass is 186 g/mol. The standard InChI is InChI=1S/C11H19Cl/c1-3-4-9(2)7-10-5-6-11(12)8-10/h8-9,11H,3-7H2,1-2H3. The van der Waals surface area contributed by atoms with Crippen LogP contribution in [0.1, 0.15) is 46.0 Å². The number of alkyl halides is 1. The fourth-order valence-electron chi connectivity index (χ4n) is 1.96. The highest BCUT2D eigenvalue weighted by Crippen LogP contribution is 2.28. The summed E-state index contributed by atoms with van der Waals surface area (Å²) < 4.78 is 0. The number of halogens is 1. The molecule has 0 aliphatic heterocycles. The molecule has 0 nitrogen and oxygen atoms in total. The highest BCUT2D eigenvalue weighted by molar-refractivity contribution is 6.22. The van der Waals surface area contributed by atoms with E-state index in [0.717, 1.165) is 12.3 Å². The first-order valence-corrected chi connectivity index (χ1v) is 5.49. The van der Waals surface area contributed by atoms with Crippen molar-refractivity contribution in [3.05, 3.63) is 11.6 Å². The molecule has 0 heterocycles. The molecule has 0 aromatic rings. The molecule has 0 fully saturated rings. The topological polar surface area (TPSA) is 0 Å². The summed E-state index contributed by atoms with van der Waals surface area (Å²) in [4.78, 5) is 0. The second-order valence-corrected chi connectivity index (χ2v) is 4.54. The zero-order chi connectivity index (χ0) is 8.97. The van der Waals surface area contributed by atoms with Gasteiger partial charge >= 0.3 is 0 Å². The van der Waals surface area contributed by atoms with Gasteiger partial charge in [0.15, 0.2) is 0 Å². The highest BCUT2D eigenvalue weighted by Gasteiger charge is 2.14. The van der Waals surface area contributed by atoms with Gasteiger partial charge in [-0.3, -0.25) is 0 Å². The van der Waals surface area contributed by atoms with Gasteiger partial charge < -0.3 is 0 Å². The van der Waals surface area contributed by atoms with Gasteiger partial charge in [-0.1, -0.05) is 38.3 Å². The normalized spacial score (nSPS) is 25.6. The van der Waals surface area contributed by atoms with Crippen LogP contribution in [-0.2, 0) is 0 Å². The minimum atomic E-state index is 0.328. The molecule has 0 spiro atoms. The molecule has 1 aliphatic carbocycles. The molecule has 0 bridgehead atoms. The molecular formula is C11H19Cl. The van der Waals surface area contributed by atoms with Gasteiger partial charge in [0.2, 0.25) is 0 Å². The van der Waals surface area contributed by atoms with Crippen molar-refractivity contribution in [2.75, 3.05) is 0 Å². The van der Waals surface area contributed by atoms with Crippen molar-refractivity contribution < 1.29 is 0 Å². The molecule has 0 amide bonds. The molecule has 70 valence electrons. The van der Waals surface area contributed by atoms with E-state index < -0.39 is 0 Å². The Morgan fingerprint density at radius 3 is 2.92 bits per heavy atom. The third kappa shape index (κ3) is 3.18. The SMILES string of the molecule is CCCC(C)CC1=CC(Cl)CC1. The van der Waals surface area contributed by atoms with Gasteiger partial charge in [-0.2, -0.15) is 0 Å². The molecule has 0 aromatic carbocycles. The predicted octanol–water partition coefficient (Wildman–Crippen LogP) is 4.14. The summed E-state index contributed by atoms with van der Waals surface area (Å²) in [5.41, 5.74) is 1.59. The summed E-state index contributed by atoms with van der Waals surface area (Å²) in [5, 5.41) is 0.328. The fourth-order valence-corrected chi connectivity index (χ4v) is 2.25. The zero-order valence-electron chi connectivity index (χ0n) is 8.15. The van der Waals surface area contributed by atoms with Crippen molar-refractivity contribution in [2.24, 2.45) is 5.92 Å². The molecule has 0 saturated carbocycles. The van der Waals surface area contributed by atoms with Crippen LogP contribution in [0.4, 0.5) is 0 Å². The maximum absolute atomic E-state index is 5.99. The average Bonchev–Trinajstić information content (AvgIpc) is 2.36. The highest BCUT2D eigenvalue weighted by atomic mass is 35.5. The van der Waals surface area contributed by atoms with E-state index >= 15 is 0 Å².